The number of methoxy groups -OCH3 is 1. The third kappa shape index (κ3) is 1.54. The monoisotopic (exact) mass is 246 g/mol. The summed E-state index contributed by atoms with van der Waals surface area (Å²) in [6, 6.07) is 5.15. The Hall–Kier alpha value is -2.04. The molecule has 18 heavy (non-hydrogen) atoms. The molecule has 0 spiro atoms. The second-order valence-electron chi connectivity index (χ2n) is 4.60. The number of hydrogen-bond donors (Lipinski definition) is 1. The number of benzene rings is 1. The fraction of sp³-hybridized carbons (Fsp3) is 0.385. The molecule has 5 heteroatoms. The second kappa shape index (κ2) is 4.01. The topological polar surface area (TPSA) is 64.1 Å². The van der Waals surface area contributed by atoms with Gasteiger partial charge in [0.25, 0.3) is 5.56 Å². The van der Waals surface area contributed by atoms with Gasteiger partial charge in [0.1, 0.15) is 5.75 Å². The Morgan fingerprint density at radius 2 is 2.11 bits per heavy atom. The van der Waals surface area contributed by atoms with Gasteiger partial charge in [-0.2, -0.15) is 0 Å². The quantitative estimate of drug-likeness (QED) is 0.871. The molecule has 94 valence electrons. The molecule has 0 aliphatic heterocycles. The van der Waals surface area contributed by atoms with Crippen LogP contribution >= 0.6 is 0 Å². The number of nitrogens with one attached hydrogen (secondary N) is 1. The first kappa shape index (κ1) is 11.1. The van der Waals surface area contributed by atoms with Gasteiger partial charge in [-0.05, 0) is 37.5 Å². The molecule has 0 amide bonds. The number of fused-ring (bicyclic) bond motifs is 1. The van der Waals surface area contributed by atoms with Crippen LogP contribution in [-0.4, -0.2) is 16.7 Å². The Bertz CT molecular complexity index is 710. The van der Waals surface area contributed by atoms with E-state index >= 15 is 0 Å². The highest BCUT2D eigenvalue weighted by Gasteiger charge is 2.23. The highest BCUT2D eigenvalue weighted by molar-refractivity contribution is 5.78. The van der Waals surface area contributed by atoms with Crippen LogP contribution in [0, 0.1) is 0 Å². The molecule has 1 fully saturated rings. The molecule has 3 rings (SSSR count). The molecule has 1 aliphatic rings. The van der Waals surface area contributed by atoms with Gasteiger partial charge >= 0.3 is 5.69 Å². The Balaban J connectivity index is 2.31. The number of H-pyrrole nitrogens is 1. The van der Waals surface area contributed by atoms with Crippen molar-refractivity contribution in [2.75, 3.05) is 7.11 Å². The van der Waals surface area contributed by atoms with Gasteiger partial charge in [0.15, 0.2) is 0 Å². The molecular formula is C13H14N2O3. The molecule has 0 saturated heterocycles. The fourth-order valence-corrected chi connectivity index (χ4v) is 2.31. The smallest absolute Gasteiger partial charge is 0.329 e. The molecular weight excluding hydrogens is 232 g/mol. The van der Waals surface area contributed by atoms with Gasteiger partial charge < -0.3 is 9.72 Å². The predicted octanol–water partition coefficient (Wildman–Crippen LogP) is 1.42. The van der Waals surface area contributed by atoms with Gasteiger partial charge in [-0.15, -0.1) is 0 Å². The van der Waals surface area contributed by atoms with Crippen LogP contribution < -0.4 is 16.0 Å². The van der Waals surface area contributed by atoms with Gasteiger partial charge in [0.2, 0.25) is 0 Å². The molecule has 1 N–H and O–H groups in total. The van der Waals surface area contributed by atoms with Crippen LogP contribution in [-0.2, 0) is 0 Å². The van der Waals surface area contributed by atoms with E-state index in [1.54, 1.807) is 25.3 Å². The normalized spacial score (nSPS) is 15.6. The standard InChI is InChI=1S/C13H14N2O3/c1-18-9-5-6-11-10(7-9)12(16)15(13(17)14-11)8-3-2-4-8/h5-8H,2-4H2,1H3,(H,14,17). The molecule has 5 nitrogen and oxygen atoms in total. The molecule has 1 saturated carbocycles. The summed E-state index contributed by atoms with van der Waals surface area (Å²) in [4.78, 5) is 27.0. The minimum atomic E-state index is -0.317. The maximum Gasteiger partial charge on any atom is 0.329 e. The van der Waals surface area contributed by atoms with Gasteiger partial charge in [0.05, 0.1) is 18.0 Å². The predicted molar refractivity (Wildman–Crippen MR) is 68.3 cm³/mol. The maximum atomic E-state index is 12.3. The molecule has 1 aromatic heterocycles. The average Bonchev–Trinajstić information content (AvgIpc) is 2.31. The lowest BCUT2D eigenvalue weighted by Gasteiger charge is -2.26. The Kier molecular flexibility index (Phi) is 2.47. The molecule has 0 radical (unpaired) electrons. The van der Waals surface area contributed by atoms with E-state index in [4.69, 9.17) is 4.74 Å². The summed E-state index contributed by atoms with van der Waals surface area (Å²) in [7, 11) is 1.55. The van der Waals surface area contributed by atoms with E-state index in [2.05, 4.69) is 4.98 Å². The number of aromatic amines is 1. The number of rotatable bonds is 2. The molecule has 0 bridgehead atoms. The Morgan fingerprint density at radius 3 is 2.72 bits per heavy atom. The van der Waals surface area contributed by atoms with Crippen molar-refractivity contribution in [2.24, 2.45) is 0 Å². The van der Waals surface area contributed by atoms with E-state index in [9.17, 15) is 9.59 Å². The van der Waals surface area contributed by atoms with Crippen LogP contribution in [0.25, 0.3) is 10.9 Å². The van der Waals surface area contributed by atoms with Crippen molar-refractivity contribution in [3.05, 3.63) is 39.0 Å². The Morgan fingerprint density at radius 1 is 1.33 bits per heavy atom. The Labute approximate surface area is 103 Å². The van der Waals surface area contributed by atoms with E-state index in [0.29, 0.717) is 16.7 Å². The van der Waals surface area contributed by atoms with Gasteiger partial charge in [-0.1, -0.05) is 0 Å². The summed E-state index contributed by atoms with van der Waals surface area (Å²) in [6.07, 6.45) is 2.88. The molecule has 0 unspecified atom stereocenters. The van der Waals surface area contributed by atoms with Crippen molar-refractivity contribution in [3.8, 4) is 5.75 Å². The first-order chi connectivity index (χ1) is 8.70. The summed E-state index contributed by atoms with van der Waals surface area (Å²) in [5.74, 6) is 0.617. The minimum absolute atomic E-state index is 0.0526. The molecule has 1 aliphatic carbocycles. The van der Waals surface area contributed by atoms with Crippen molar-refractivity contribution >= 4 is 10.9 Å². The largest absolute Gasteiger partial charge is 0.497 e. The van der Waals surface area contributed by atoms with E-state index in [1.807, 2.05) is 0 Å². The third-order valence-corrected chi connectivity index (χ3v) is 3.58. The number of nitrogens with zero attached hydrogens (tertiary/aromatic N) is 1. The molecule has 1 heterocycles. The van der Waals surface area contributed by atoms with E-state index in [-0.39, 0.29) is 17.3 Å². The number of hydrogen-bond acceptors (Lipinski definition) is 3. The molecule has 1 aromatic carbocycles. The van der Waals surface area contributed by atoms with Crippen molar-refractivity contribution < 1.29 is 4.74 Å². The van der Waals surface area contributed by atoms with Gasteiger partial charge in [0, 0.05) is 6.04 Å². The summed E-state index contributed by atoms with van der Waals surface area (Å²) >= 11 is 0. The highest BCUT2D eigenvalue weighted by Crippen LogP contribution is 2.29. The van der Waals surface area contributed by atoms with Crippen LogP contribution in [0.4, 0.5) is 0 Å². The van der Waals surface area contributed by atoms with Crippen LogP contribution in [0.15, 0.2) is 27.8 Å². The third-order valence-electron chi connectivity index (χ3n) is 3.58. The lowest BCUT2D eigenvalue weighted by Crippen LogP contribution is -2.40. The van der Waals surface area contributed by atoms with Crippen LogP contribution in [0.3, 0.4) is 0 Å². The number of aromatic nitrogens is 2. The fourth-order valence-electron chi connectivity index (χ4n) is 2.31. The molecule has 0 atom stereocenters. The van der Waals surface area contributed by atoms with Crippen LogP contribution in [0.1, 0.15) is 25.3 Å². The maximum absolute atomic E-state index is 12.3. The van der Waals surface area contributed by atoms with E-state index in [0.717, 1.165) is 19.3 Å². The van der Waals surface area contributed by atoms with E-state index in [1.165, 1.54) is 4.57 Å². The SMILES string of the molecule is COc1ccc2[nH]c(=O)n(C3CCC3)c(=O)c2c1. The zero-order valence-corrected chi connectivity index (χ0v) is 10.1. The zero-order valence-electron chi connectivity index (χ0n) is 10.1. The van der Waals surface area contributed by atoms with Gasteiger partial charge in [-0.3, -0.25) is 9.36 Å². The van der Waals surface area contributed by atoms with Crippen molar-refractivity contribution in [2.45, 2.75) is 25.3 Å². The minimum Gasteiger partial charge on any atom is -0.497 e. The molecule has 2 aromatic rings. The van der Waals surface area contributed by atoms with Crippen LogP contribution in [0.2, 0.25) is 0 Å². The van der Waals surface area contributed by atoms with Crippen molar-refractivity contribution in [3.63, 3.8) is 0 Å². The van der Waals surface area contributed by atoms with Crippen molar-refractivity contribution in [1.82, 2.24) is 9.55 Å². The highest BCUT2D eigenvalue weighted by atomic mass is 16.5. The first-order valence-electron chi connectivity index (χ1n) is 6.03. The first-order valence-corrected chi connectivity index (χ1v) is 6.03. The van der Waals surface area contributed by atoms with Crippen LogP contribution in [0.5, 0.6) is 5.75 Å². The number of ether oxygens (including phenoxy) is 1. The average molecular weight is 246 g/mol. The summed E-state index contributed by atoms with van der Waals surface area (Å²) in [5, 5.41) is 0.501. The lowest BCUT2D eigenvalue weighted by atomic mass is 9.93. The summed E-state index contributed by atoms with van der Waals surface area (Å²) < 4.78 is 6.45. The van der Waals surface area contributed by atoms with Crippen molar-refractivity contribution in [1.29, 1.82) is 0 Å². The zero-order chi connectivity index (χ0) is 12.7. The van der Waals surface area contributed by atoms with E-state index < -0.39 is 0 Å². The summed E-state index contributed by atoms with van der Waals surface area (Å²) in [6.45, 7) is 0. The summed E-state index contributed by atoms with van der Waals surface area (Å²) in [5.41, 5.74) is 0.0149. The lowest BCUT2D eigenvalue weighted by molar-refractivity contribution is 0.298. The second-order valence-corrected chi connectivity index (χ2v) is 4.60. The van der Waals surface area contributed by atoms with Gasteiger partial charge in [-0.25, -0.2) is 4.79 Å².